The molecule has 0 unspecified atom stereocenters. The van der Waals surface area contributed by atoms with Crippen molar-refractivity contribution in [2.24, 2.45) is 0 Å². The van der Waals surface area contributed by atoms with Crippen molar-refractivity contribution in [3.8, 4) is 5.75 Å². The number of hydrogen-bond donors (Lipinski definition) is 1. The summed E-state index contributed by atoms with van der Waals surface area (Å²) in [5.41, 5.74) is 5.42. The van der Waals surface area contributed by atoms with E-state index in [1.807, 2.05) is 40.2 Å². The number of benzene rings is 1. The Hall–Kier alpha value is -2.23. The van der Waals surface area contributed by atoms with Crippen molar-refractivity contribution in [1.29, 1.82) is 0 Å². The van der Waals surface area contributed by atoms with E-state index in [2.05, 4.69) is 33.4 Å². The van der Waals surface area contributed by atoms with Gasteiger partial charge in [-0.2, -0.15) is 0 Å². The number of anilines is 2. The van der Waals surface area contributed by atoms with Gasteiger partial charge in [-0.25, -0.2) is 0 Å². The molecule has 0 aliphatic heterocycles. The summed E-state index contributed by atoms with van der Waals surface area (Å²) in [6.45, 7) is 4.74. The minimum Gasteiger partial charge on any atom is -0.496 e. The van der Waals surface area contributed by atoms with Crippen LogP contribution in [0.2, 0.25) is 0 Å². The summed E-state index contributed by atoms with van der Waals surface area (Å²) in [6, 6.07) is 8.33. The van der Waals surface area contributed by atoms with E-state index in [-0.39, 0.29) is 0 Å². The first-order chi connectivity index (χ1) is 10.0. The van der Waals surface area contributed by atoms with Crippen molar-refractivity contribution >= 4 is 11.4 Å². The average molecular weight is 285 g/mol. The van der Waals surface area contributed by atoms with E-state index in [0.717, 1.165) is 28.3 Å². The van der Waals surface area contributed by atoms with Crippen LogP contribution in [0.1, 0.15) is 16.8 Å². The molecule has 0 bridgehead atoms. The minimum absolute atomic E-state index is 0.680. The first-order valence-corrected chi connectivity index (χ1v) is 7.03. The Morgan fingerprint density at radius 1 is 1.24 bits per heavy atom. The lowest BCUT2D eigenvalue weighted by Gasteiger charge is -2.16. The molecule has 1 N–H and O–H groups in total. The molecule has 21 heavy (non-hydrogen) atoms. The number of rotatable bonds is 5. The zero-order chi connectivity index (χ0) is 15.4. The molecule has 0 aliphatic carbocycles. The maximum atomic E-state index is 5.44. The Kier molecular flexibility index (Phi) is 4.68. The molecular weight excluding hydrogens is 262 g/mol. The molecule has 0 saturated carbocycles. The maximum absolute atomic E-state index is 5.44. The standard InChI is InChI=1S/C17H23N3O/c1-12-10-19-16(13(2)17(12)21-5)11-18-14-7-6-8-15(9-14)20(3)4/h6-10,18H,11H2,1-5H3. The quantitative estimate of drug-likeness (QED) is 0.914. The van der Waals surface area contributed by atoms with Gasteiger partial charge in [0.2, 0.25) is 0 Å². The van der Waals surface area contributed by atoms with Gasteiger partial charge < -0.3 is 15.0 Å². The van der Waals surface area contributed by atoms with Crippen LogP contribution in [0.5, 0.6) is 5.75 Å². The highest BCUT2D eigenvalue weighted by Gasteiger charge is 2.09. The van der Waals surface area contributed by atoms with Gasteiger partial charge in [0.25, 0.3) is 0 Å². The molecule has 1 aromatic carbocycles. The highest BCUT2D eigenvalue weighted by atomic mass is 16.5. The SMILES string of the molecule is COc1c(C)cnc(CNc2cccc(N(C)C)c2)c1C. The van der Waals surface area contributed by atoms with Crippen molar-refractivity contribution in [3.63, 3.8) is 0 Å². The van der Waals surface area contributed by atoms with Gasteiger partial charge in [-0.3, -0.25) is 4.98 Å². The fourth-order valence-electron chi connectivity index (χ4n) is 2.33. The van der Waals surface area contributed by atoms with Gasteiger partial charge in [0.05, 0.1) is 19.3 Å². The number of hydrogen-bond acceptors (Lipinski definition) is 4. The second-order valence-electron chi connectivity index (χ2n) is 5.34. The van der Waals surface area contributed by atoms with Crippen LogP contribution in [0.4, 0.5) is 11.4 Å². The van der Waals surface area contributed by atoms with Crippen molar-refractivity contribution in [2.75, 3.05) is 31.4 Å². The number of aryl methyl sites for hydroxylation is 1. The summed E-state index contributed by atoms with van der Waals surface area (Å²) in [6.07, 6.45) is 1.86. The molecule has 0 radical (unpaired) electrons. The summed E-state index contributed by atoms with van der Waals surface area (Å²) >= 11 is 0. The van der Waals surface area contributed by atoms with Crippen LogP contribution in [0, 0.1) is 13.8 Å². The van der Waals surface area contributed by atoms with E-state index >= 15 is 0 Å². The molecule has 4 heteroatoms. The van der Waals surface area contributed by atoms with E-state index in [4.69, 9.17) is 4.74 Å². The number of aromatic nitrogens is 1. The Bertz CT molecular complexity index is 623. The highest BCUT2D eigenvalue weighted by Crippen LogP contribution is 2.25. The molecule has 1 heterocycles. The van der Waals surface area contributed by atoms with Crippen LogP contribution in [-0.4, -0.2) is 26.2 Å². The zero-order valence-corrected chi connectivity index (χ0v) is 13.4. The number of methoxy groups -OCH3 is 1. The lowest BCUT2D eigenvalue weighted by Crippen LogP contribution is -2.09. The Morgan fingerprint density at radius 3 is 2.67 bits per heavy atom. The average Bonchev–Trinajstić information content (AvgIpc) is 2.47. The predicted molar refractivity (Wildman–Crippen MR) is 88.4 cm³/mol. The Labute approximate surface area is 126 Å². The second kappa shape index (κ2) is 6.48. The molecule has 0 saturated heterocycles. The van der Waals surface area contributed by atoms with Gasteiger partial charge in [-0.05, 0) is 32.0 Å². The number of nitrogens with zero attached hydrogens (tertiary/aromatic N) is 2. The number of nitrogens with one attached hydrogen (secondary N) is 1. The van der Waals surface area contributed by atoms with E-state index in [0.29, 0.717) is 6.54 Å². The smallest absolute Gasteiger partial charge is 0.128 e. The molecule has 0 amide bonds. The fourth-order valence-corrected chi connectivity index (χ4v) is 2.33. The van der Waals surface area contributed by atoms with Crippen molar-refractivity contribution in [2.45, 2.75) is 20.4 Å². The summed E-state index contributed by atoms with van der Waals surface area (Å²) in [4.78, 5) is 6.59. The second-order valence-corrected chi connectivity index (χ2v) is 5.34. The van der Waals surface area contributed by atoms with Gasteiger partial charge in [-0.1, -0.05) is 6.07 Å². The predicted octanol–water partition coefficient (Wildman–Crippen LogP) is 3.39. The Morgan fingerprint density at radius 2 is 2.00 bits per heavy atom. The van der Waals surface area contributed by atoms with Gasteiger partial charge in [0.15, 0.2) is 0 Å². The number of pyridine rings is 1. The minimum atomic E-state index is 0.680. The van der Waals surface area contributed by atoms with Gasteiger partial charge >= 0.3 is 0 Å². The van der Waals surface area contributed by atoms with Crippen LogP contribution < -0.4 is 15.0 Å². The largest absolute Gasteiger partial charge is 0.496 e. The number of ether oxygens (including phenoxy) is 1. The highest BCUT2D eigenvalue weighted by molar-refractivity contribution is 5.57. The van der Waals surface area contributed by atoms with E-state index in [1.165, 1.54) is 5.69 Å². The van der Waals surface area contributed by atoms with Gasteiger partial charge in [-0.15, -0.1) is 0 Å². The molecule has 1 aromatic heterocycles. The summed E-state index contributed by atoms with van der Waals surface area (Å²) < 4.78 is 5.44. The fraction of sp³-hybridized carbons (Fsp3) is 0.353. The lowest BCUT2D eigenvalue weighted by atomic mass is 10.1. The summed E-state index contributed by atoms with van der Waals surface area (Å²) in [5.74, 6) is 0.920. The van der Waals surface area contributed by atoms with Crippen LogP contribution in [0.15, 0.2) is 30.5 Å². The topological polar surface area (TPSA) is 37.4 Å². The maximum Gasteiger partial charge on any atom is 0.128 e. The van der Waals surface area contributed by atoms with Crippen LogP contribution in [0.25, 0.3) is 0 Å². The summed E-state index contributed by atoms with van der Waals surface area (Å²) in [5, 5.41) is 3.42. The molecule has 0 aliphatic rings. The lowest BCUT2D eigenvalue weighted by molar-refractivity contribution is 0.407. The van der Waals surface area contributed by atoms with Crippen molar-refractivity contribution in [3.05, 3.63) is 47.3 Å². The zero-order valence-electron chi connectivity index (χ0n) is 13.4. The Balaban J connectivity index is 2.15. The van der Waals surface area contributed by atoms with Crippen LogP contribution in [-0.2, 0) is 6.54 Å². The van der Waals surface area contributed by atoms with Crippen molar-refractivity contribution in [1.82, 2.24) is 4.98 Å². The summed E-state index contributed by atoms with van der Waals surface area (Å²) in [7, 11) is 5.78. The van der Waals surface area contributed by atoms with E-state index < -0.39 is 0 Å². The first-order valence-electron chi connectivity index (χ1n) is 7.03. The molecular formula is C17H23N3O. The van der Waals surface area contributed by atoms with E-state index in [1.54, 1.807) is 7.11 Å². The molecule has 4 nitrogen and oxygen atoms in total. The molecule has 0 spiro atoms. The molecule has 0 fully saturated rings. The van der Waals surface area contributed by atoms with Crippen LogP contribution >= 0.6 is 0 Å². The molecule has 2 aromatic rings. The van der Waals surface area contributed by atoms with Gasteiger partial charge in [0.1, 0.15) is 5.75 Å². The first kappa shape index (κ1) is 15.2. The van der Waals surface area contributed by atoms with Gasteiger partial charge in [0, 0.05) is 42.8 Å². The monoisotopic (exact) mass is 285 g/mol. The molecule has 0 atom stereocenters. The van der Waals surface area contributed by atoms with E-state index in [9.17, 15) is 0 Å². The van der Waals surface area contributed by atoms with Crippen molar-refractivity contribution < 1.29 is 4.74 Å². The molecule has 112 valence electrons. The third-order valence-electron chi connectivity index (χ3n) is 3.57. The third-order valence-corrected chi connectivity index (χ3v) is 3.57. The normalized spacial score (nSPS) is 10.3. The molecule has 2 rings (SSSR count). The van der Waals surface area contributed by atoms with Crippen LogP contribution in [0.3, 0.4) is 0 Å². The third kappa shape index (κ3) is 3.45.